The topological polar surface area (TPSA) is 40.5 Å². The third kappa shape index (κ3) is 4.97. The van der Waals surface area contributed by atoms with E-state index in [1.165, 1.54) is 38.5 Å². The van der Waals surface area contributed by atoms with E-state index in [1.807, 2.05) is 0 Å². The summed E-state index contributed by atoms with van der Waals surface area (Å²) in [7, 11) is 0. The van der Waals surface area contributed by atoms with E-state index in [1.54, 1.807) is 5.57 Å². The van der Waals surface area contributed by atoms with E-state index >= 15 is 0 Å². The van der Waals surface area contributed by atoms with Crippen LogP contribution in [-0.4, -0.2) is 22.4 Å². The molecule has 3 rings (SSSR count). The third-order valence-corrected chi connectivity index (χ3v) is 7.98. The minimum Gasteiger partial charge on any atom is -0.393 e. The van der Waals surface area contributed by atoms with Gasteiger partial charge in [-0.2, -0.15) is 0 Å². The molecular formula is C27H42O2. The molecule has 29 heavy (non-hydrogen) atoms. The van der Waals surface area contributed by atoms with E-state index in [4.69, 9.17) is 0 Å². The van der Waals surface area contributed by atoms with Crippen LogP contribution in [0.3, 0.4) is 0 Å². The molecule has 2 N–H and O–H groups in total. The fourth-order valence-corrected chi connectivity index (χ4v) is 6.31. The van der Waals surface area contributed by atoms with Crippen LogP contribution in [0.2, 0.25) is 0 Å². The molecule has 3 fully saturated rings. The molecule has 0 aliphatic heterocycles. The molecule has 0 bridgehead atoms. The van der Waals surface area contributed by atoms with Crippen molar-refractivity contribution in [2.24, 2.45) is 29.1 Å². The van der Waals surface area contributed by atoms with Crippen LogP contribution in [-0.2, 0) is 0 Å². The van der Waals surface area contributed by atoms with Crippen molar-refractivity contribution in [1.82, 2.24) is 0 Å². The van der Waals surface area contributed by atoms with Crippen molar-refractivity contribution in [2.45, 2.75) is 91.3 Å². The van der Waals surface area contributed by atoms with Gasteiger partial charge in [-0.25, -0.2) is 0 Å². The summed E-state index contributed by atoms with van der Waals surface area (Å²) in [5.74, 6) is 2.81. The molecule has 0 spiro atoms. The molecule has 2 nitrogen and oxygen atoms in total. The highest BCUT2D eigenvalue weighted by atomic mass is 16.3. The zero-order chi connectivity index (χ0) is 21.2. The molecule has 6 atom stereocenters. The van der Waals surface area contributed by atoms with Gasteiger partial charge in [-0.15, -0.1) is 0 Å². The molecule has 0 heterocycles. The number of aliphatic hydroxyl groups is 2. The lowest BCUT2D eigenvalue weighted by Crippen LogP contribution is -2.35. The van der Waals surface area contributed by atoms with Crippen LogP contribution in [0.1, 0.15) is 79.1 Å². The number of allylic oxidation sites excluding steroid dienone is 5. The Kier molecular flexibility index (Phi) is 7.27. The smallest absolute Gasteiger partial charge is 0.0811 e. The Labute approximate surface area is 178 Å². The maximum Gasteiger partial charge on any atom is 0.0811 e. The van der Waals surface area contributed by atoms with Crippen molar-refractivity contribution >= 4 is 0 Å². The van der Waals surface area contributed by atoms with Crippen LogP contribution in [0.15, 0.2) is 47.6 Å². The predicted molar refractivity (Wildman–Crippen MR) is 122 cm³/mol. The zero-order valence-electron chi connectivity index (χ0n) is 19.0. The van der Waals surface area contributed by atoms with Crippen molar-refractivity contribution in [3.8, 4) is 0 Å². The van der Waals surface area contributed by atoms with Crippen molar-refractivity contribution in [2.75, 3.05) is 0 Å². The SMILES string of the molecule is C=C1/C(=C\C=C2/CCC[C@@]3(C)C2CCC3[C@@H](C)/C=C/CC(C)C)C[C@H](O)CC1O. The number of aliphatic hydroxyl groups excluding tert-OH is 2. The molecule has 2 heteroatoms. The van der Waals surface area contributed by atoms with E-state index in [0.717, 1.165) is 23.0 Å². The molecule has 0 radical (unpaired) electrons. The maximum absolute atomic E-state index is 10.1. The van der Waals surface area contributed by atoms with Gasteiger partial charge in [0.25, 0.3) is 0 Å². The first kappa shape index (κ1) is 22.6. The molecular weight excluding hydrogens is 356 g/mol. The van der Waals surface area contributed by atoms with Crippen LogP contribution >= 0.6 is 0 Å². The van der Waals surface area contributed by atoms with Gasteiger partial charge in [-0.05, 0) is 85.2 Å². The van der Waals surface area contributed by atoms with Gasteiger partial charge < -0.3 is 10.2 Å². The monoisotopic (exact) mass is 398 g/mol. The summed E-state index contributed by atoms with van der Waals surface area (Å²) < 4.78 is 0. The second-order valence-electron chi connectivity index (χ2n) is 10.6. The molecule has 0 amide bonds. The average Bonchev–Trinajstić information content (AvgIpc) is 3.00. The van der Waals surface area contributed by atoms with Crippen LogP contribution in [0, 0.1) is 29.1 Å². The van der Waals surface area contributed by atoms with E-state index in [-0.39, 0.29) is 0 Å². The normalized spacial score (nSPS) is 39.6. The van der Waals surface area contributed by atoms with Crippen molar-refractivity contribution in [3.63, 3.8) is 0 Å². The number of hydrogen-bond donors (Lipinski definition) is 2. The molecule has 0 aromatic rings. The van der Waals surface area contributed by atoms with E-state index in [9.17, 15) is 10.2 Å². The Balaban J connectivity index is 1.75. The fraction of sp³-hybridized carbons (Fsp3) is 0.704. The summed E-state index contributed by atoms with van der Waals surface area (Å²) in [5.41, 5.74) is 3.79. The summed E-state index contributed by atoms with van der Waals surface area (Å²) in [5, 5.41) is 20.1. The average molecular weight is 399 g/mol. The summed E-state index contributed by atoms with van der Waals surface area (Å²) in [6.45, 7) is 13.6. The van der Waals surface area contributed by atoms with Crippen LogP contribution in [0.5, 0.6) is 0 Å². The first-order chi connectivity index (χ1) is 13.7. The summed E-state index contributed by atoms with van der Waals surface area (Å²) in [6.07, 6.45) is 16.9. The lowest BCUT2D eigenvalue weighted by molar-refractivity contribution is 0.0862. The molecule has 0 aromatic carbocycles. The molecule has 3 aliphatic carbocycles. The summed E-state index contributed by atoms with van der Waals surface area (Å²) in [4.78, 5) is 0. The molecule has 162 valence electrons. The van der Waals surface area contributed by atoms with Gasteiger partial charge in [0.15, 0.2) is 0 Å². The van der Waals surface area contributed by atoms with Gasteiger partial charge in [0.05, 0.1) is 12.2 Å². The largest absolute Gasteiger partial charge is 0.393 e. The lowest BCUT2D eigenvalue weighted by atomic mass is 9.61. The molecule has 0 aromatic heterocycles. The minimum absolute atomic E-state index is 0.396. The van der Waals surface area contributed by atoms with Gasteiger partial charge in [0.2, 0.25) is 0 Å². The van der Waals surface area contributed by atoms with Gasteiger partial charge in [-0.3, -0.25) is 0 Å². The molecule has 0 saturated heterocycles. The Morgan fingerprint density at radius 3 is 2.66 bits per heavy atom. The summed E-state index contributed by atoms with van der Waals surface area (Å²) in [6, 6.07) is 0. The number of hydrogen-bond acceptors (Lipinski definition) is 2. The lowest BCUT2D eigenvalue weighted by Gasteiger charge is -2.44. The van der Waals surface area contributed by atoms with Gasteiger partial charge in [0.1, 0.15) is 0 Å². The van der Waals surface area contributed by atoms with Crippen molar-refractivity contribution < 1.29 is 10.2 Å². The van der Waals surface area contributed by atoms with Crippen LogP contribution < -0.4 is 0 Å². The highest BCUT2D eigenvalue weighted by Crippen LogP contribution is 2.59. The van der Waals surface area contributed by atoms with Gasteiger partial charge >= 0.3 is 0 Å². The maximum atomic E-state index is 10.1. The van der Waals surface area contributed by atoms with Crippen LogP contribution in [0.4, 0.5) is 0 Å². The second-order valence-corrected chi connectivity index (χ2v) is 10.6. The zero-order valence-corrected chi connectivity index (χ0v) is 19.0. The number of rotatable bonds is 5. The van der Waals surface area contributed by atoms with Crippen molar-refractivity contribution in [1.29, 1.82) is 0 Å². The third-order valence-electron chi connectivity index (χ3n) is 7.98. The minimum atomic E-state index is -0.602. The fourth-order valence-electron chi connectivity index (χ4n) is 6.31. The standard InChI is InChI=1S/C27H42O2/c1-18(2)8-6-9-19(3)24-13-14-25-21(10-7-15-27(24,25)5)11-12-22-16-23(28)17-26(29)20(22)4/h6,9,11-12,18-19,23-26,28-29H,4,7-8,10,13-17H2,1-3,5H3/b9-6+,21-11+,22-12-/t19-,23-,24?,25?,26?,27+/m0/s1. The Bertz CT molecular complexity index is 683. The Morgan fingerprint density at radius 1 is 1.17 bits per heavy atom. The highest BCUT2D eigenvalue weighted by Gasteiger charge is 2.50. The quantitative estimate of drug-likeness (QED) is 0.529. The van der Waals surface area contributed by atoms with Crippen molar-refractivity contribution in [3.05, 3.63) is 47.6 Å². The first-order valence-corrected chi connectivity index (χ1v) is 11.8. The highest BCUT2D eigenvalue weighted by molar-refractivity contribution is 5.38. The van der Waals surface area contributed by atoms with E-state index in [2.05, 4.69) is 58.6 Å². The van der Waals surface area contributed by atoms with E-state index in [0.29, 0.717) is 30.1 Å². The van der Waals surface area contributed by atoms with Crippen LogP contribution in [0.25, 0.3) is 0 Å². The second kappa shape index (κ2) is 9.35. The Morgan fingerprint density at radius 2 is 1.93 bits per heavy atom. The number of fused-ring (bicyclic) bond motifs is 1. The van der Waals surface area contributed by atoms with E-state index < -0.39 is 12.2 Å². The predicted octanol–water partition coefficient (Wildman–Crippen LogP) is 6.37. The van der Waals surface area contributed by atoms with Gasteiger partial charge in [0, 0.05) is 6.42 Å². The molecule has 3 unspecified atom stereocenters. The summed E-state index contributed by atoms with van der Waals surface area (Å²) >= 11 is 0. The Hall–Kier alpha value is -1.12. The molecule has 3 saturated carbocycles. The molecule has 3 aliphatic rings. The van der Waals surface area contributed by atoms with Gasteiger partial charge in [-0.1, -0.05) is 64.2 Å². The first-order valence-electron chi connectivity index (χ1n) is 11.8.